The highest BCUT2D eigenvalue weighted by atomic mass is 16.5. The van der Waals surface area contributed by atoms with Gasteiger partial charge in [-0.1, -0.05) is 6.92 Å². The molecule has 1 saturated heterocycles. The molecule has 1 unspecified atom stereocenters. The Bertz CT molecular complexity index is 167. The number of ether oxygens (including phenoxy) is 1. The van der Waals surface area contributed by atoms with Gasteiger partial charge in [-0.2, -0.15) is 0 Å². The zero-order valence-corrected chi connectivity index (χ0v) is 10.4. The molecule has 1 heterocycles. The summed E-state index contributed by atoms with van der Waals surface area (Å²) in [4.78, 5) is 0. The third-order valence-electron chi connectivity index (χ3n) is 3.38. The average molecular weight is 214 g/mol. The minimum atomic E-state index is 0.301. The van der Waals surface area contributed by atoms with Crippen LogP contribution < -0.4 is 10.6 Å². The van der Waals surface area contributed by atoms with Crippen LogP contribution in [0.1, 0.15) is 40.0 Å². The van der Waals surface area contributed by atoms with E-state index in [9.17, 15) is 0 Å². The van der Waals surface area contributed by atoms with E-state index in [4.69, 9.17) is 4.74 Å². The Hall–Kier alpha value is -0.120. The minimum Gasteiger partial charge on any atom is -0.381 e. The lowest BCUT2D eigenvalue weighted by molar-refractivity contribution is 0.0455. The Morgan fingerprint density at radius 3 is 2.53 bits per heavy atom. The van der Waals surface area contributed by atoms with Gasteiger partial charge in [-0.15, -0.1) is 0 Å². The van der Waals surface area contributed by atoms with E-state index in [1.54, 1.807) is 0 Å². The molecule has 15 heavy (non-hydrogen) atoms. The highest BCUT2D eigenvalue weighted by molar-refractivity contribution is 4.85. The van der Waals surface area contributed by atoms with Crippen molar-refractivity contribution in [3.05, 3.63) is 0 Å². The van der Waals surface area contributed by atoms with Gasteiger partial charge in [-0.25, -0.2) is 0 Å². The Labute approximate surface area is 94.0 Å². The molecule has 1 fully saturated rings. The maximum absolute atomic E-state index is 5.37. The summed E-state index contributed by atoms with van der Waals surface area (Å²) in [5.41, 5.74) is 0.301. The van der Waals surface area contributed by atoms with Crippen molar-refractivity contribution in [2.75, 3.05) is 26.3 Å². The molecule has 0 bridgehead atoms. The summed E-state index contributed by atoms with van der Waals surface area (Å²) in [6.07, 6.45) is 3.47. The molecule has 1 rings (SSSR count). The largest absolute Gasteiger partial charge is 0.381 e. The predicted octanol–water partition coefficient (Wildman–Crippen LogP) is 1.53. The van der Waals surface area contributed by atoms with Crippen LogP contribution >= 0.6 is 0 Å². The summed E-state index contributed by atoms with van der Waals surface area (Å²) in [7, 11) is 0. The van der Waals surface area contributed by atoms with E-state index in [2.05, 4.69) is 31.4 Å². The van der Waals surface area contributed by atoms with E-state index in [1.165, 1.54) is 6.42 Å². The van der Waals surface area contributed by atoms with Gasteiger partial charge in [0.05, 0.1) is 0 Å². The molecule has 0 saturated carbocycles. The number of hydrogen-bond acceptors (Lipinski definition) is 3. The monoisotopic (exact) mass is 214 g/mol. The van der Waals surface area contributed by atoms with E-state index in [0.29, 0.717) is 11.6 Å². The van der Waals surface area contributed by atoms with Gasteiger partial charge < -0.3 is 15.4 Å². The van der Waals surface area contributed by atoms with Crippen molar-refractivity contribution in [1.29, 1.82) is 0 Å². The van der Waals surface area contributed by atoms with Crippen LogP contribution in [-0.2, 0) is 4.74 Å². The number of hydrogen-bond donors (Lipinski definition) is 2. The van der Waals surface area contributed by atoms with Gasteiger partial charge in [-0.3, -0.25) is 0 Å². The first-order valence-electron chi connectivity index (χ1n) is 6.22. The molecule has 3 heteroatoms. The fourth-order valence-electron chi connectivity index (χ4n) is 1.83. The topological polar surface area (TPSA) is 33.3 Å². The molecule has 0 aliphatic carbocycles. The maximum Gasteiger partial charge on any atom is 0.0483 e. The van der Waals surface area contributed by atoms with Gasteiger partial charge >= 0.3 is 0 Å². The SMILES string of the molecule is CCC(C)NCCNC1(C)CCOCC1. The van der Waals surface area contributed by atoms with Crippen LogP contribution in [0.4, 0.5) is 0 Å². The summed E-state index contributed by atoms with van der Waals surface area (Å²) in [5.74, 6) is 0. The standard InChI is InChI=1S/C12H26N2O/c1-4-11(2)13-7-8-14-12(3)5-9-15-10-6-12/h11,13-14H,4-10H2,1-3H3. The predicted molar refractivity (Wildman–Crippen MR) is 64.2 cm³/mol. The van der Waals surface area contributed by atoms with E-state index < -0.39 is 0 Å². The summed E-state index contributed by atoms with van der Waals surface area (Å²) in [5, 5.41) is 7.13. The summed E-state index contributed by atoms with van der Waals surface area (Å²) >= 11 is 0. The molecule has 0 aromatic carbocycles. The molecule has 3 nitrogen and oxygen atoms in total. The lowest BCUT2D eigenvalue weighted by Gasteiger charge is -2.34. The van der Waals surface area contributed by atoms with Crippen molar-refractivity contribution in [1.82, 2.24) is 10.6 Å². The molecule has 1 aliphatic heterocycles. The fourth-order valence-corrected chi connectivity index (χ4v) is 1.83. The van der Waals surface area contributed by atoms with Crippen LogP contribution in [0.15, 0.2) is 0 Å². The van der Waals surface area contributed by atoms with Crippen LogP contribution in [0.25, 0.3) is 0 Å². The van der Waals surface area contributed by atoms with E-state index in [0.717, 1.165) is 39.1 Å². The Morgan fingerprint density at radius 2 is 1.93 bits per heavy atom. The molecule has 0 radical (unpaired) electrons. The first-order chi connectivity index (χ1) is 7.16. The van der Waals surface area contributed by atoms with Crippen LogP contribution in [0.3, 0.4) is 0 Å². The Kier molecular flexibility index (Phi) is 5.58. The molecule has 2 N–H and O–H groups in total. The zero-order chi connectivity index (χ0) is 11.1. The lowest BCUT2D eigenvalue weighted by Crippen LogP contribution is -2.49. The average Bonchev–Trinajstić information content (AvgIpc) is 2.25. The molecule has 90 valence electrons. The van der Waals surface area contributed by atoms with Gasteiger partial charge in [-0.05, 0) is 33.1 Å². The van der Waals surface area contributed by atoms with Crippen LogP contribution in [-0.4, -0.2) is 37.9 Å². The number of rotatable bonds is 6. The fraction of sp³-hybridized carbons (Fsp3) is 1.00. The first-order valence-corrected chi connectivity index (χ1v) is 6.22. The van der Waals surface area contributed by atoms with Gasteiger partial charge in [0.1, 0.15) is 0 Å². The van der Waals surface area contributed by atoms with Gasteiger partial charge in [0.2, 0.25) is 0 Å². The van der Waals surface area contributed by atoms with Crippen LogP contribution in [0.2, 0.25) is 0 Å². The normalized spacial score (nSPS) is 22.6. The second kappa shape index (κ2) is 6.46. The number of nitrogens with one attached hydrogen (secondary N) is 2. The molecular formula is C12H26N2O. The Morgan fingerprint density at radius 1 is 1.27 bits per heavy atom. The maximum atomic E-state index is 5.37. The molecule has 0 aromatic rings. The Balaban J connectivity index is 2.08. The molecule has 0 spiro atoms. The summed E-state index contributed by atoms with van der Waals surface area (Å²) in [6, 6.07) is 0.634. The lowest BCUT2D eigenvalue weighted by atomic mass is 9.92. The van der Waals surface area contributed by atoms with Crippen LogP contribution in [0.5, 0.6) is 0 Å². The van der Waals surface area contributed by atoms with Gasteiger partial charge in [0.25, 0.3) is 0 Å². The van der Waals surface area contributed by atoms with Gasteiger partial charge in [0, 0.05) is 37.9 Å². The second-order valence-corrected chi connectivity index (χ2v) is 4.86. The first kappa shape index (κ1) is 12.9. The minimum absolute atomic E-state index is 0.301. The quantitative estimate of drug-likeness (QED) is 0.658. The molecule has 0 amide bonds. The molecular weight excluding hydrogens is 188 g/mol. The molecule has 1 aliphatic rings. The zero-order valence-electron chi connectivity index (χ0n) is 10.4. The summed E-state index contributed by atoms with van der Waals surface area (Å²) < 4.78 is 5.37. The molecule has 0 aromatic heterocycles. The van der Waals surface area contributed by atoms with E-state index in [1.807, 2.05) is 0 Å². The third-order valence-corrected chi connectivity index (χ3v) is 3.38. The van der Waals surface area contributed by atoms with Crippen molar-refractivity contribution >= 4 is 0 Å². The third kappa shape index (κ3) is 4.96. The smallest absolute Gasteiger partial charge is 0.0483 e. The van der Waals surface area contributed by atoms with Crippen LogP contribution in [0, 0.1) is 0 Å². The second-order valence-electron chi connectivity index (χ2n) is 4.86. The highest BCUT2D eigenvalue weighted by Crippen LogP contribution is 2.18. The van der Waals surface area contributed by atoms with E-state index >= 15 is 0 Å². The van der Waals surface area contributed by atoms with Crippen molar-refractivity contribution in [2.45, 2.75) is 51.6 Å². The van der Waals surface area contributed by atoms with Crippen molar-refractivity contribution in [3.63, 3.8) is 0 Å². The molecule has 1 atom stereocenters. The van der Waals surface area contributed by atoms with Crippen molar-refractivity contribution in [3.8, 4) is 0 Å². The highest BCUT2D eigenvalue weighted by Gasteiger charge is 2.25. The van der Waals surface area contributed by atoms with E-state index in [-0.39, 0.29) is 0 Å². The summed E-state index contributed by atoms with van der Waals surface area (Å²) in [6.45, 7) is 10.7. The van der Waals surface area contributed by atoms with Gasteiger partial charge in [0.15, 0.2) is 0 Å². The van der Waals surface area contributed by atoms with Crippen molar-refractivity contribution in [2.24, 2.45) is 0 Å². The van der Waals surface area contributed by atoms with Crippen molar-refractivity contribution < 1.29 is 4.74 Å².